The molecule has 24 heavy (non-hydrogen) atoms. The monoisotopic (exact) mass is 331 g/mol. The predicted molar refractivity (Wildman–Crippen MR) is 90.0 cm³/mol. The molecule has 6 heteroatoms. The maximum atomic E-state index is 12.7. The topological polar surface area (TPSA) is 84.7 Å². The third-order valence-corrected chi connectivity index (χ3v) is 4.81. The molecule has 6 nitrogen and oxygen atoms in total. The van der Waals surface area contributed by atoms with Gasteiger partial charge < -0.3 is 20.7 Å². The van der Waals surface area contributed by atoms with Gasteiger partial charge >= 0.3 is 0 Å². The SMILES string of the molecule is NC1CCC(NC(=O)[C@H]2COCC(=O)N2Cc2ccccc2)CC1. The summed E-state index contributed by atoms with van der Waals surface area (Å²) in [7, 11) is 0. The van der Waals surface area contributed by atoms with Crippen LogP contribution in [0.2, 0.25) is 0 Å². The first-order chi connectivity index (χ1) is 11.6. The molecule has 0 radical (unpaired) electrons. The first kappa shape index (κ1) is 16.9. The Bertz CT molecular complexity index is 570. The van der Waals surface area contributed by atoms with Crippen LogP contribution in [0.4, 0.5) is 0 Å². The summed E-state index contributed by atoms with van der Waals surface area (Å²) >= 11 is 0. The number of carbonyl (C=O) groups is 2. The fraction of sp³-hybridized carbons (Fsp3) is 0.556. The van der Waals surface area contributed by atoms with Crippen molar-refractivity contribution in [1.82, 2.24) is 10.2 Å². The molecule has 0 aromatic heterocycles. The highest BCUT2D eigenvalue weighted by atomic mass is 16.5. The van der Waals surface area contributed by atoms with Gasteiger partial charge in [0, 0.05) is 18.6 Å². The van der Waals surface area contributed by atoms with E-state index < -0.39 is 6.04 Å². The zero-order valence-electron chi connectivity index (χ0n) is 13.8. The molecule has 1 aromatic carbocycles. The molecule has 1 saturated carbocycles. The van der Waals surface area contributed by atoms with Crippen LogP contribution in [0.1, 0.15) is 31.2 Å². The van der Waals surface area contributed by atoms with Crippen LogP contribution in [0.5, 0.6) is 0 Å². The first-order valence-electron chi connectivity index (χ1n) is 8.60. The maximum Gasteiger partial charge on any atom is 0.249 e. The summed E-state index contributed by atoms with van der Waals surface area (Å²) in [4.78, 5) is 26.6. The van der Waals surface area contributed by atoms with Crippen molar-refractivity contribution in [1.29, 1.82) is 0 Å². The number of rotatable bonds is 4. The van der Waals surface area contributed by atoms with Crippen LogP contribution < -0.4 is 11.1 Å². The van der Waals surface area contributed by atoms with E-state index in [-0.39, 0.29) is 37.1 Å². The van der Waals surface area contributed by atoms with Gasteiger partial charge in [0.2, 0.25) is 11.8 Å². The third-order valence-electron chi connectivity index (χ3n) is 4.81. The summed E-state index contributed by atoms with van der Waals surface area (Å²) in [5, 5.41) is 3.08. The van der Waals surface area contributed by atoms with Gasteiger partial charge in [-0.2, -0.15) is 0 Å². The predicted octanol–water partition coefficient (Wildman–Crippen LogP) is 0.800. The lowest BCUT2D eigenvalue weighted by molar-refractivity contribution is -0.156. The van der Waals surface area contributed by atoms with Crippen LogP contribution in [0.25, 0.3) is 0 Å². The van der Waals surface area contributed by atoms with Crippen LogP contribution >= 0.6 is 0 Å². The molecule has 2 amide bonds. The first-order valence-corrected chi connectivity index (χ1v) is 8.60. The van der Waals surface area contributed by atoms with Crippen molar-refractivity contribution in [2.45, 2.75) is 50.4 Å². The number of benzene rings is 1. The lowest BCUT2D eigenvalue weighted by atomic mass is 9.91. The number of carbonyl (C=O) groups excluding carboxylic acids is 2. The highest BCUT2D eigenvalue weighted by Gasteiger charge is 2.35. The Labute approximate surface area is 142 Å². The van der Waals surface area contributed by atoms with E-state index in [1.165, 1.54) is 0 Å². The number of hydrogen-bond acceptors (Lipinski definition) is 4. The van der Waals surface area contributed by atoms with Gasteiger partial charge in [-0.05, 0) is 31.2 Å². The van der Waals surface area contributed by atoms with Crippen LogP contribution in [0.15, 0.2) is 30.3 Å². The molecule has 3 N–H and O–H groups in total. The number of amides is 2. The van der Waals surface area contributed by atoms with Gasteiger partial charge in [-0.3, -0.25) is 9.59 Å². The van der Waals surface area contributed by atoms with Crippen molar-refractivity contribution in [2.75, 3.05) is 13.2 Å². The number of ether oxygens (including phenoxy) is 1. The van der Waals surface area contributed by atoms with Gasteiger partial charge in [0.1, 0.15) is 12.6 Å². The molecular formula is C18H25N3O3. The van der Waals surface area contributed by atoms with E-state index in [0.717, 1.165) is 31.2 Å². The number of morpholine rings is 1. The van der Waals surface area contributed by atoms with Crippen molar-refractivity contribution in [2.24, 2.45) is 5.73 Å². The maximum absolute atomic E-state index is 12.7. The van der Waals surface area contributed by atoms with E-state index >= 15 is 0 Å². The third kappa shape index (κ3) is 4.13. The minimum Gasteiger partial charge on any atom is -0.369 e. The fourth-order valence-corrected chi connectivity index (χ4v) is 3.36. The molecule has 3 rings (SSSR count). The molecule has 0 unspecified atom stereocenters. The molecule has 1 atom stereocenters. The minimum atomic E-state index is -0.568. The van der Waals surface area contributed by atoms with Crippen LogP contribution in [0.3, 0.4) is 0 Å². The molecule has 1 aliphatic heterocycles. The number of nitrogens with zero attached hydrogens (tertiary/aromatic N) is 1. The van der Waals surface area contributed by atoms with E-state index in [0.29, 0.717) is 6.54 Å². The second-order valence-corrected chi connectivity index (χ2v) is 6.66. The van der Waals surface area contributed by atoms with Gasteiger partial charge in [0.15, 0.2) is 0 Å². The Morgan fingerprint density at radius 2 is 1.92 bits per heavy atom. The lowest BCUT2D eigenvalue weighted by Gasteiger charge is -2.36. The van der Waals surface area contributed by atoms with Crippen molar-refractivity contribution in [3.8, 4) is 0 Å². The van der Waals surface area contributed by atoms with Crippen LogP contribution in [-0.2, 0) is 20.9 Å². The normalized spacial score (nSPS) is 27.8. The molecule has 130 valence electrons. The van der Waals surface area contributed by atoms with E-state index in [1.54, 1.807) is 4.90 Å². The van der Waals surface area contributed by atoms with Gasteiger partial charge in [-0.25, -0.2) is 0 Å². The smallest absolute Gasteiger partial charge is 0.249 e. The van der Waals surface area contributed by atoms with E-state index in [4.69, 9.17) is 10.5 Å². The van der Waals surface area contributed by atoms with Gasteiger partial charge in [-0.15, -0.1) is 0 Å². The second-order valence-electron chi connectivity index (χ2n) is 6.66. The summed E-state index contributed by atoms with van der Waals surface area (Å²) in [6, 6.07) is 9.53. The minimum absolute atomic E-state index is 0.0366. The highest BCUT2D eigenvalue weighted by Crippen LogP contribution is 2.19. The largest absolute Gasteiger partial charge is 0.369 e. The zero-order chi connectivity index (χ0) is 16.9. The van der Waals surface area contributed by atoms with E-state index in [1.807, 2.05) is 30.3 Å². The summed E-state index contributed by atoms with van der Waals surface area (Å²) in [6.45, 7) is 0.711. The van der Waals surface area contributed by atoms with Crippen LogP contribution in [0, 0.1) is 0 Å². The Balaban J connectivity index is 1.64. The van der Waals surface area contributed by atoms with Gasteiger partial charge in [0.25, 0.3) is 0 Å². The average Bonchev–Trinajstić information content (AvgIpc) is 2.59. The Morgan fingerprint density at radius 3 is 2.62 bits per heavy atom. The molecule has 2 aliphatic rings. The summed E-state index contributed by atoms with van der Waals surface area (Å²) < 4.78 is 5.32. The molecule has 1 saturated heterocycles. The summed E-state index contributed by atoms with van der Waals surface area (Å²) in [5.41, 5.74) is 6.92. The Hall–Kier alpha value is -1.92. The number of nitrogens with two attached hydrogens (primary N) is 1. The quantitative estimate of drug-likeness (QED) is 0.855. The average molecular weight is 331 g/mol. The van der Waals surface area contributed by atoms with Gasteiger partial charge in [0.05, 0.1) is 6.61 Å². The molecule has 1 heterocycles. The lowest BCUT2D eigenvalue weighted by Crippen LogP contribution is -2.57. The van der Waals surface area contributed by atoms with Crippen LogP contribution in [-0.4, -0.2) is 48.1 Å². The summed E-state index contributed by atoms with van der Waals surface area (Å²) in [6.07, 6.45) is 3.65. The molecule has 2 fully saturated rings. The standard InChI is InChI=1S/C18H25N3O3/c19-14-6-8-15(9-7-14)20-18(23)16-11-24-12-17(22)21(16)10-13-4-2-1-3-5-13/h1-5,14-16H,6-12,19H2,(H,20,23)/t14?,15?,16-/m1/s1. The fourth-order valence-electron chi connectivity index (χ4n) is 3.36. The second kappa shape index (κ2) is 7.77. The Kier molecular flexibility index (Phi) is 5.48. The zero-order valence-corrected chi connectivity index (χ0v) is 13.8. The summed E-state index contributed by atoms with van der Waals surface area (Å²) in [5.74, 6) is -0.268. The molecular weight excluding hydrogens is 306 g/mol. The molecule has 1 aliphatic carbocycles. The van der Waals surface area contributed by atoms with E-state index in [9.17, 15) is 9.59 Å². The molecule has 1 aromatic rings. The highest BCUT2D eigenvalue weighted by molar-refractivity contribution is 5.89. The van der Waals surface area contributed by atoms with Crippen molar-refractivity contribution in [3.05, 3.63) is 35.9 Å². The van der Waals surface area contributed by atoms with E-state index in [2.05, 4.69) is 5.32 Å². The van der Waals surface area contributed by atoms with Crippen molar-refractivity contribution >= 4 is 11.8 Å². The molecule has 0 bridgehead atoms. The van der Waals surface area contributed by atoms with Crippen molar-refractivity contribution < 1.29 is 14.3 Å². The Morgan fingerprint density at radius 1 is 1.21 bits per heavy atom. The molecule has 0 spiro atoms. The van der Waals surface area contributed by atoms with Crippen molar-refractivity contribution in [3.63, 3.8) is 0 Å². The number of nitrogens with one attached hydrogen (secondary N) is 1. The number of hydrogen-bond donors (Lipinski definition) is 2. The van der Waals surface area contributed by atoms with Gasteiger partial charge in [-0.1, -0.05) is 30.3 Å².